The van der Waals surface area contributed by atoms with Gasteiger partial charge in [0, 0.05) is 36.0 Å². The molecule has 0 aromatic heterocycles. The molecule has 41 heavy (non-hydrogen) atoms. The van der Waals surface area contributed by atoms with Crippen LogP contribution in [0.4, 0.5) is 5.69 Å². The van der Waals surface area contributed by atoms with E-state index in [1.54, 1.807) is 13.2 Å². The number of aliphatic carboxylic acids is 1. The molecule has 3 aromatic carbocycles. The smallest absolute Gasteiger partial charge is 0.325 e. The molecular weight excluding hydrogens is 526 g/mol. The van der Waals surface area contributed by atoms with E-state index < -0.39 is 40.2 Å². The van der Waals surface area contributed by atoms with Gasteiger partial charge in [0.1, 0.15) is 11.3 Å². The van der Waals surface area contributed by atoms with Gasteiger partial charge in [0.15, 0.2) is 0 Å². The van der Waals surface area contributed by atoms with Crippen molar-refractivity contribution in [3.8, 4) is 5.75 Å². The van der Waals surface area contributed by atoms with Crippen LogP contribution in [0, 0.1) is 22.0 Å². The molecule has 6 rings (SSSR count). The number of likely N-dealkylation sites (tertiary alicyclic amines) is 1. The van der Waals surface area contributed by atoms with Crippen molar-refractivity contribution >= 4 is 34.2 Å². The molecule has 212 valence electrons. The van der Waals surface area contributed by atoms with E-state index in [0.717, 1.165) is 35.6 Å². The molecule has 1 saturated carbocycles. The van der Waals surface area contributed by atoms with E-state index in [9.17, 15) is 29.6 Å². The van der Waals surface area contributed by atoms with E-state index in [1.807, 2.05) is 30.3 Å². The van der Waals surface area contributed by atoms with Crippen LogP contribution in [0.5, 0.6) is 5.75 Å². The molecule has 10 heteroatoms. The summed E-state index contributed by atoms with van der Waals surface area (Å²) in [6.45, 7) is 0. The molecule has 2 saturated heterocycles. The number of methoxy groups -OCH3 is 1. The lowest BCUT2D eigenvalue weighted by atomic mass is 9.76. The quantitative estimate of drug-likeness (QED) is 0.248. The van der Waals surface area contributed by atoms with Crippen molar-refractivity contribution in [2.24, 2.45) is 11.8 Å². The Labute approximate surface area is 236 Å². The molecule has 3 fully saturated rings. The fraction of sp³-hybridized carbons (Fsp3) is 0.387. The maximum Gasteiger partial charge on any atom is 0.325 e. The largest absolute Gasteiger partial charge is 0.496 e. The van der Waals surface area contributed by atoms with E-state index in [1.165, 1.54) is 29.2 Å². The van der Waals surface area contributed by atoms with Crippen LogP contribution in [-0.4, -0.2) is 51.4 Å². The molecule has 2 amide bonds. The van der Waals surface area contributed by atoms with Crippen molar-refractivity contribution in [2.45, 2.75) is 56.1 Å². The molecule has 4 atom stereocenters. The number of carboxylic acids is 1. The Bertz CT molecular complexity index is 1550. The average molecular weight is 558 g/mol. The molecule has 2 aliphatic heterocycles. The number of amides is 2. The lowest BCUT2D eigenvalue weighted by molar-refractivity contribution is -0.384. The Morgan fingerprint density at radius 2 is 1.71 bits per heavy atom. The van der Waals surface area contributed by atoms with Gasteiger partial charge >= 0.3 is 5.97 Å². The van der Waals surface area contributed by atoms with Crippen molar-refractivity contribution in [2.75, 3.05) is 7.11 Å². The summed E-state index contributed by atoms with van der Waals surface area (Å²) in [6.07, 6.45) is 4.17. The fourth-order valence-corrected chi connectivity index (χ4v) is 7.23. The van der Waals surface area contributed by atoms with Crippen LogP contribution in [0.15, 0.2) is 60.7 Å². The Balaban J connectivity index is 1.50. The third-order valence-corrected chi connectivity index (χ3v) is 9.11. The summed E-state index contributed by atoms with van der Waals surface area (Å²) < 4.78 is 5.56. The zero-order valence-electron chi connectivity index (χ0n) is 22.6. The molecule has 10 nitrogen and oxygen atoms in total. The first-order chi connectivity index (χ1) is 19.8. The highest BCUT2D eigenvalue weighted by Gasteiger charge is 2.69. The van der Waals surface area contributed by atoms with Gasteiger partial charge in [-0.2, -0.15) is 0 Å². The number of rotatable bonds is 7. The topological polar surface area (TPSA) is 139 Å². The van der Waals surface area contributed by atoms with Crippen molar-refractivity contribution in [3.05, 3.63) is 81.9 Å². The van der Waals surface area contributed by atoms with Gasteiger partial charge < -0.3 is 9.84 Å². The maximum atomic E-state index is 14.2. The van der Waals surface area contributed by atoms with Crippen LogP contribution in [0.2, 0.25) is 0 Å². The van der Waals surface area contributed by atoms with Crippen molar-refractivity contribution < 1.29 is 29.2 Å². The van der Waals surface area contributed by atoms with E-state index in [0.29, 0.717) is 24.2 Å². The first-order valence-electron chi connectivity index (χ1n) is 13.9. The monoisotopic (exact) mass is 557 g/mol. The Morgan fingerprint density at radius 1 is 1.02 bits per heavy atom. The van der Waals surface area contributed by atoms with Crippen LogP contribution >= 0.6 is 0 Å². The number of hydrogen-bond donors (Lipinski definition) is 2. The normalized spacial score (nSPS) is 26.4. The summed E-state index contributed by atoms with van der Waals surface area (Å²) in [5.41, 5.74) is -0.688. The number of carboxylic acid groups (broad SMARTS) is 1. The highest BCUT2D eigenvalue weighted by molar-refractivity contribution is 6.10. The third kappa shape index (κ3) is 4.24. The van der Waals surface area contributed by atoms with Crippen molar-refractivity contribution in [1.29, 1.82) is 0 Å². The molecule has 0 spiro atoms. The first kappa shape index (κ1) is 26.9. The predicted octanol–water partition coefficient (Wildman–Crippen LogP) is 4.40. The van der Waals surface area contributed by atoms with Crippen LogP contribution < -0.4 is 10.1 Å². The molecule has 0 radical (unpaired) electrons. The summed E-state index contributed by atoms with van der Waals surface area (Å²) in [5.74, 6) is -3.45. The van der Waals surface area contributed by atoms with Crippen molar-refractivity contribution in [3.63, 3.8) is 0 Å². The highest BCUT2D eigenvalue weighted by atomic mass is 16.6. The Hall–Kier alpha value is -4.31. The number of fused-ring (bicyclic) bond motifs is 2. The van der Waals surface area contributed by atoms with Gasteiger partial charge in [-0.1, -0.05) is 61.7 Å². The lowest BCUT2D eigenvalue weighted by Crippen LogP contribution is -2.58. The predicted molar refractivity (Wildman–Crippen MR) is 149 cm³/mol. The standard InChI is InChI=1S/C31H31N3O7/c1-41-24-16-15-23(21-9-5-6-10-22(21)24)27-25-26(29(36)33(28(25)35)19-7-3-2-4-8-19)31(32-27,30(37)38)17-18-11-13-20(14-12-18)34(39)40/h5-6,9-16,19,25-27,32H,2-4,7-8,17H2,1H3,(H,37,38). The van der Waals surface area contributed by atoms with Gasteiger partial charge in [0.2, 0.25) is 11.8 Å². The van der Waals surface area contributed by atoms with Crippen LogP contribution in [0.3, 0.4) is 0 Å². The second-order valence-electron chi connectivity index (χ2n) is 11.2. The summed E-state index contributed by atoms with van der Waals surface area (Å²) in [4.78, 5) is 53.7. The minimum Gasteiger partial charge on any atom is -0.496 e. The molecule has 3 aromatic rings. The molecular formula is C31H31N3O7. The number of carbonyl (C=O) groups excluding carboxylic acids is 2. The van der Waals surface area contributed by atoms with Crippen molar-refractivity contribution in [1.82, 2.24) is 10.2 Å². The summed E-state index contributed by atoms with van der Waals surface area (Å²) >= 11 is 0. The molecule has 2 N–H and O–H groups in total. The molecule has 1 aliphatic carbocycles. The minimum absolute atomic E-state index is 0.117. The molecule has 2 heterocycles. The van der Waals surface area contributed by atoms with E-state index in [-0.39, 0.29) is 24.1 Å². The molecule has 4 unspecified atom stereocenters. The number of nitrogens with one attached hydrogen (secondary N) is 1. The SMILES string of the molecule is COc1ccc(C2NC(Cc3ccc([N+](=O)[O-])cc3)(C(=O)O)C3C(=O)N(C4CCCCC4)C(=O)C23)c2ccccc12. The summed E-state index contributed by atoms with van der Waals surface area (Å²) in [6, 6.07) is 15.9. The second kappa shape index (κ2) is 10.3. The maximum absolute atomic E-state index is 14.2. The molecule has 3 aliphatic rings. The Kier molecular flexibility index (Phi) is 6.73. The Morgan fingerprint density at radius 3 is 2.34 bits per heavy atom. The van der Waals surface area contributed by atoms with E-state index in [2.05, 4.69) is 5.32 Å². The number of hydrogen-bond acceptors (Lipinski definition) is 7. The van der Waals surface area contributed by atoms with Gasteiger partial charge in [-0.3, -0.25) is 34.7 Å². The van der Waals surface area contributed by atoms with Gasteiger partial charge in [0.05, 0.1) is 23.9 Å². The zero-order valence-corrected chi connectivity index (χ0v) is 22.6. The number of benzene rings is 3. The van der Waals surface area contributed by atoms with Gasteiger partial charge in [0.25, 0.3) is 5.69 Å². The number of nitrogens with zero attached hydrogens (tertiary/aromatic N) is 2. The number of nitro groups is 1. The van der Waals surface area contributed by atoms with Crippen LogP contribution in [0.25, 0.3) is 10.8 Å². The average Bonchev–Trinajstić information content (AvgIpc) is 3.46. The molecule has 0 bridgehead atoms. The third-order valence-electron chi connectivity index (χ3n) is 9.11. The lowest BCUT2D eigenvalue weighted by Gasteiger charge is -2.34. The fourth-order valence-electron chi connectivity index (χ4n) is 7.23. The summed E-state index contributed by atoms with van der Waals surface area (Å²) in [5, 5.41) is 26.9. The highest BCUT2D eigenvalue weighted by Crippen LogP contribution is 2.52. The van der Waals surface area contributed by atoms with Crippen LogP contribution in [0.1, 0.15) is 49.3 Å². The van der Waals surface area contributed by atoms with E-state index in [4.69, 9.17) is 4.74 Å². The van der Waals surface area contributed by atoms with Crippen LogP contribution in [-0.2, 0) is 20.8 Å². The number of non-ortho nitro benzene ring substituents is 1. The number of carbonyl (C=O) groups is 3. The van der Waals surface area contributed by atoms with Gasteiger partial charge in [-0.15, -0.1) is 0 Å². The van der Waals surface area contributed by atoms with Gasteiger partial charge in [-0.25, -0.2) is 0 Å². The van der Waals surface area contributed by atoms with Gasteiger partial charge in [-0.05, 0) is 35.4 Å². The summed E-state index contributed by atoms with van der Waals surface area (Å²) in [7, 11) is 1.58. The number of ether oxygens (including phenoxy) is 1. The van der Waals surface area contributed by atoms with E-state index >= 15 is 0 Å². The zero-order chi connectivity index (χ0) is 28.9. The second-order valence-corrected chi connectivity index (χ2v) is 11.2. The number of nitro benzene ring substituents is 1. The first-order valence-corrected chi connectivity index (χ1v) is 13.9. The number of imide groups is 1. The minimum atomic E-state index is -1.80.